The van der Waals surface area contributed by atoms with Crippen LogP contribution in [-0.4, -0.2) is 24.7 Å². The second-order valence-electron chi connectivity index (χ2n) is 5.20. The van der Waals surface area contributed by atoms with Crippen molar-refractivity contribution in [2.75, 3.05) is 0 Å². The molecule has 0 radical (unpaired) electrons. The van der Waals surface area contributed by atoms with Crippen molar-refractivity contribution in [3.8, 4) is 0 Å². The molecule has 0 aromatic rings. The summed E-state index contributed by atoms with van der Waals surface area (Å²) in [7, 11) is -3.11. The van der Waals surface area contributed by atoms with Crippen LogP contribution in [-0.2, 0) is 14.6 Å². The second-order valence-corrected chi connectivity index (χ2v) is 7.85. The molecular formula is C12H22O3S. The molecule has 0 bridgehead atoms. The maximum absolute atomic E-state index is 12.2. The molecule has 1 aliphatic rings. The Bertz CT molecular complexity index is 345. The quantitative estimate of drug-likeness (QED) is 0.765. The van der Waals surface area contributed by atoms with Crippen LogP contribution in [0.5, 0.6) is 0 Å². The standard InChI is InChI=1S/C12H22O3S/c1-9-5-4-6-12(7-9)16(14,15)11(3)8-10(2)13/h9,11-12H,4-8H2,1-3H3. The minimum Gasteiger partial charge on any atom is -0.300 e. The third kappa shape index (κ3) is 3.30. The fourth-order valence-electron chi connectivity index (χ4n) is 2.53. The maximum Gasteiger partial charge on any atom is 0.156 e. The van der Waals surface area contributed by atoms with Gasteiger partial charge in [-0.25, -0.2) is 8.42 Å². The largest absolute Gasteiger partial charge is 0.300 e. The first-order chi connectivity index (χ1) is 7.34. The van der Waals surface area contributed by atoms with Crippen LogP contribution in [0, 0.1) is 5.92 Å². The van der Waals surface area contributed by atoms with E-state index < -0.39 is 15.1 Å². The van der Waals surface area contributed by atoms with Crippen LogP contribution in [0.15, 0.2) is 0 Å². The third-order valence-corrected chi connectivity index (χ3v) is 6.13. The number of hydrogen-bond donors (Lipinski definition) is 0. The lowest BCUT2D eigenvalue weighted by molar-refractivity contribution is -0.116. The van der Waals surface area contributed by atoms with Gasteiger partial charge >= 0.3 is 0 Å². The van der Waals surface area contributed by atoms with E-state index in [4.69, 9.17) is 0 Å². The molecule has 0 aliphatic heterocycles. The molecule has 3 atom stereocenters. The lowest BCUT2D eigenvalue weighted by Gasteiger charge is -2.28. The van der Waals surface area contributed by atoms with Crippen molar-refractivity contribution in [3.63, 3.8) is 0 Å². The zero-order valence-electron chi connectivity index (χ0n) is 10.4. The topological polar surface area (TPSA) is 51.2 Å². The molecule has 0 saturated heterocycles. The van der Waals surface area contributed by atoms with E-state index in [1.54, 1.807) is 6.92 Å². The average molecular weight is 246 g/mol. The van der Waals surface area contributed by atoms with Crippen LogP contribution in [0.4, 0.5) is 0 Å². The van der Waals surface area contributed by atoms with Gasteiger partial charge in [0.25, 0.3) is 0 Å². The molecule has 0 aromatic heterocycles. The first kappa shape index (κ1) is 13.7. The number of sulfone groups is 1. The summed E-state index contributed by atoms with van der Waals surface area (Å²) in [4.78, 5) is 11.0. The van der Waals surface area contributed by atoms with E-state index >= 15 is 0 Å². The summed E-state index contributed by atoms with van der Waals surface area (Å²) in [5, 5.41) is -0.731. The molecule has 1 fully saturated rings. The van der Waals surface area contributed by atoms with Crippen LogP contribution >= 0.6 is 0 Å². The molecule has 1 aliphatic carbocycles. The first-order valence-corrected chi connectivity index (χ1v) is 7.67. The molecule has 3 nitrogen and oxygen atoms in total. The average Bonchev–Trinajstić information content (AvgIpc) is 2.16. The van der Waals surface area contributed by atoms with E-state index in [0.717, 1.165) is 25.7 Å². The number of carbonyl (C=O) groups is 1. The summed E-state index contributed by atoms with van der Waals surface area (Å²) in [6.45, 7) is 5.23. The Morgan fingerprint density at radius 1 is 1.38 bits per heavy atom. The van der Waals surface area contributed by atoms with Crippen LogP contribution in [0.3, 0.4) is 0 Å². The maximum atomic E-state index is 12.2. The Morgan fingerprint density at radius 3 is 2.50 bits per heavy atom. The van der Waals surface area contributed by atoms with E-state index in [1.165, 1.54) is 6.92 Å². The van der Waals surface area contributed by atoms with Gasteiger partial charge in [-0.3, -0.25) is 4.79 Å². The predicted octanol–water partition coefficient (Wildman–Crippen LogP) is 2.35. The van der Waals surface area contributed by atoms with Gasteiger partial charge in [0.1, 0.15) is 5.78 Å². The second kappa shape index (κ2) is 5.30. The van der Waals surface area contributed by atoms with Gasteiger partial charge in [0.15, 0.2) is 9.84 Å². The highest BCUT2D eigenvalue weighted by Gasteiger charge is 2.34. The molecule has 0 aromatic carbocycles. The summed E-state index contributed by atoms with van der Waals surface area (Å²) >= 11 is 0. The van der Waals surface area contributed by atoms with Crippen molar-refractivity contribution in [1.29, 1.82) is 0 Å². The Kier molecular flexibility index (Phi) is 4.53. The fraction of sp³-hybridized carbons (Fsp3) is 0.917. The summed E-state index contributed by atoms with van der Waals surface area (Å²) in [5.41, 5.74) is 0. The van der Waals surface area contributed by atoms with Crippen LogP contribution in [0.25, 0.3) is 0 Å². The highest BCUT2D eigenvalue weighted by molar-refractivity contribution is 7.92. The molecule has 16 heavy (non-hydrogen) atoms. The molecule has 0 amide bonds. The number of carbonyl (C=O) groups excluding carboxylic acids is 1. The number of rotatable bonds is 4. The lowest BCUT2D eigenvalue weighted by atomic mass is 9.91. The highest BCUT2D eigenvalue weighted by Crippen LogP contribution is 2.30. The first-order valence-electron chi connectivity index (χ1n) is 6.06. The van der Waals surface area contributed by atoms with Crippen molar-refractivity contribution in [3.05, 3.63) is 0 Å². The number of Topliss-reactive ketones (excluding diaryl/α,β-unsaturated/α-hetero) is 1. The van der Waals surface area contributed by atoms with Gasteiger partial charge in [0.05, 0.1) is 10.5 Å². The number of hydrogen-bond acceptors (Lipinski definition) is 3. The van der Waals surface area contributed by atoms with Crippen molar-refractivity contribution in [1.82, 2.24) is 0 Å². The van der Waals surface area contributed by atoms with Crippen LogP contribution < -0.4 is 0 Å². The van der Waals surface area contributed by atoms with E-state index in [9.17, 15) is 13.2 Å². The Hall–Kier alpha value is -0.380. The highest BCUT2D eigenvalue weighted by atomic mass is 32.2. The smallest absolute Gasteiger partial charge is 0.156 e. The minimum absolute atomic E-state index is 0.0417. The molecule has 0 spiro atoms. The summed E-state index contributed by atoms with van der Waals surface area (Å²) < 4.78 is 24.4. The Morgan fingerprint density at radius 2 is 2.00 bits per heavy atom. The fourth-order valence-corrected chi connectivity index (χ4v) is 4.74. The van der Waals surface area contributed by atoms with Crippen LogP contribution in [0.2, 0.25) is 0 Å². The minimum atomic E-state index is -3.11. The van der Waals surface area contributed by atoms with Crippen LogP contribution in [0.1, 0.15) is 52.9 Å². The molecule has 94 valence electrons. The van der Waals surface area contributed by atoms with Gasteiger partial charge in [-0.1, -0.05) is 19.8 Å². The summed E-state index contributed by atoms with van der Waals surface area (Å²) in [5.74, 6) is 0.456. The summed E-state index contributed by atoms with van der Waals surface area (Å²) in [6.07, 6.45) is 3.83. The molecule has 0 N–H and O–H groups in total. The van der Waals surface area contributed by atoms with E-state index in [0.29, 0.717) is 5.92 Å². The molecule has 1 saturated carbocycles. The van der Waals surface area contributed by atoms with E-state index in [1.807, 2.05) is 0 Å². The zero-order valence-corrected chi connectivity index (χ0v) is 11.2. The molecule has 0 heterocycles. The molecule has 1 rings (SSSR count). The van der Waals surface area contributed by atoms with E-state index in [-0.39, 0.29) is 17.5 Å². The van der Waals surface area contributed by atoms with Gasteiger partial charge in [-0.05, 0) is 32.6 Å². The molecule has 4 heteroatoms. The van der Waals surface area contributed by atoms with Gasteiger partial charge in [-0.2, -0.15) is 0 Å². The zero-order chi connectivity index (χ0) is 12.3. The molecular weight excluding hydrogens is 224 g/mol. The molecule has 3 unspecified atom stereocenters. The Balaban J connectivity index is 2.72. The van der Waals surface area contributed by atoms with Crippen molar-refractivity contribution >= 4 is 15.6 Å². The third-order valence-electron chi connectivity index (χ3n) is 3.49. The van der Waals surface area contributed by atoms with Crippen molar-refractivity contribution < 1.29 is 13.2 Å². The normalized spacial score (nSPS) is 28.7. The SMILES string of the molecule is CC(=O)CC(C)S(=O)(=O)C1CCCC(C)C1. The lowest BCUT2D eigenvalue weighted by Crippen LogP contribution is -2.34. The van der Waals surface area contributed by atoms with Crippen molar-refractivity contribution in [2.24, 2.45) is 5.92 Å². The summed E-state index contributed by atoms with van der Waals surface area (Å²) in [6, 6.07) is 0. The Labute approximate surface area is 98.5 Å². The van der Waals surface area contributed by atoms with Crippen molar-refractivity contribution in [2.45, 2.75) is 63.4 Å². The van der Waals surface area contributed by atoms with E-state index in [2.05, 4.69) is 6.92 Å². The van der Waals surface area contributed by atoms with Gasteiger partial charge in [-0.15, -0.1) is 0 Å². The predicted molar refractivity (Wildman–Crippen MR) is 65.1 cm³/mol. The van der Waals surface area contributed by atoms with Gasteiger partial charge in [0.2, 0.25) is 0 Å². The van der Waals surface area contributed by atoms with Gasteiger partial charge in [0, 0.05) is 6.42 Å². The monoisotopic (exact) mass is 246 g/mol. The van der Waals surface area contributed by atoms with Gasteiger partial charge < -0.3 is 0 Å². The number of ketones is 1.